The number of aryl methyl sites for hydroxylation is 2. The maximum atomic E-state index is 6.27. The molecule has 0 radical (unpaired) electrons. The lowest BCUT2D eigenvalue weighted by molar-refractivity contribution is 0.201. The van der Waals surface area contributed by atoms with Crippen LogP contribution in [0.3, 0.4) is 0 Å². The normalized spacial score (nSPS) is 21.7. The zero-order valence-corrected chi connectivity index (χ0v) is 23.5. The van der Waals surface area contributed by atoms with Crippen LogP contribution in [-0.4, -0.2) is 60.2 Å². The zero-order chi connectivity index (χ0) is 26.2. The minimum absolute atomic E-state index is 0.322. The first-order valence-electron chi connectivity index (χ1n) is 14.8. The maximum absolute atomic E-state index is 6.27. The van der Waals surface area contributed by atoms with Gasteiger partial charge in [-0.15, -0.1) is 0 Å². The molecule has 1 aromatic heterocycles. The molecule has 1 unspecified atom stereocenters. The second-order valence-corrected chi connectivity index (χ2v) is 12.2. The lowest BCUT2D eigenvalue weighted by Gasteiger charge is -2.36. The summed E-state index contributed by atoms with van der Waals surface area (Å²) in [5.41, 5.74) is 15.7. The third-order valence-electron chi connectivity index (χ3n) is 9.20. The summed E-state index contributed by atoms with van der Waals surface area (Å²) in [6, 6.07) is 16.5. The van der Waals surface area contributed by atoms with Gasteiger partial charge in [-0.25, -0.2) is 0 Å². The highest BCUT2D eigenvalue weighted by molar-refractivity contribution is 5.89. The molecule has 5 heteroatoms. The predicted molar refractivity (Wildman–Crippen MR) is 161 cm³/mol. The average Bonchev–Trinajstić information content (AvgIpc) is 3.27. The summed E-state index contributed by atoms with van der Waals surface area (Å²) in [7, 11) is 2.25. The Bertz CT molecular complexity index is 1300. The number of fused-ring (bicyclic) bond motifs is 2. The predicted octanol–water partition coefficient (Wildman–Crippen LogP) is 5.64. The van der Waals surface area contributed by atoms with Gasteiger partial charge in [0.15, 0.2) is 0 Å². The van der Waals surface area contributed by atoms with E-state index in [1.807, 2.05) is 0 Å². The highest BCUT2D eigenvalue weighted by atomic mass is 15.2. The van der Waals surface area contributed by atoms with Crippen molar-refractivity contribution in [2.45, 2.75) is 64.6 Å². The molecule has 0 aliphatic carbocycles. The molecule has 2 fully saturated rings. The topological polar surface area (TPSA) is 40.7 Å². The molecule has 2 aromatic carbocycles. The van der Waals surface area contributed by atoms with E-state index in [1.165, 1.54) is 77.7 Å². The van der Waals surface area contributed by atoms with Crippen LogP contribution in [-0.2, 0) is 19.5 Å². The molecular weight excluding hydrogens is 466 g/mol. The van der Waals surface area contributed by atoms with Crippen LogP contribution >= 0.6 is 0 Å². The van der Waals surface area contributed by atoms with Crippen molar-refractivity contribution in [3.8, 4) is 0 Å². The van der Waals surface area contributed by atoms with Crippen LogP contribution in [0, 0.1) is 12.8 Å². The van der Waals surface area contributed by atoms with Crippen LogP contribution in [0.4, 0.5) is 5.69 Å². The number of hydrogen-bond acceptors (Lipinski definition) is 4. The minimum atomic E-state index is 0.322. The molecule has 2 N–H and O–H groups in total. The fraction of sp³-hybridized carbons (Fsp3) is 0.515. The van der Waals surface area contributed by atoms with Crippen LogP contribution in [0.1, 0.15) is 54.5 Å². The molecular formula is C33H45N5. The molecule has 2 saturated heterocycles. The number of anilines is 1. The van der Waals surface area contributed by atoms with Gasteiger partial charge >= 0.3 is 0 Å². The van der Waals surface area contributed by atoms with E-state index in [-0.39, 0.29) is 0 Å². The molecule has 0 saturated carbocycles. The summed E-state index contributed by atoms with van der Waals surface area (Å²) in [6.07, 6.45) is 7.22. The summed E-state index contributed by atoms with van der Waals surface area (Å²) in [5, 5.41) is 1.32. The number of likely N-dealkylation sites (tertiary alicyclic amines) is 2. The Balaban J connectivity index is 1.30. The number of hydrogen-bond donors (Lipinski definition) is 1. The molecule has 3 aliphatic heterocycles. The van der Waals surface area contributed by atoms with Gasteiger partial charge in [-0.2, -0.15) is 0 Å². The van der Waals surface area contributed by atoms with E-state index in [4.69, 9.17) is 12.3 Å². The van der Waals surface area contributed by atoms with Crippen molar-refractivity contribution >= 4 is 22.3 Å². The van der Waals surface area contributed by atoms with Gasteiger partial charge in [-0.1, -0.05) is 36.9 Å². The second kappa shape index (κ2) is 10.9. The maximum Gasteiger partial charge on any atom is 0.0652 e. The third kappa shape index (κ3) is 5.16. The number of rotatable bonds is 6. The molecule has 6 rings (SSSR count). The molecule has 202 valence electrons. The minimum Gasteiger partial charge on any atom is -0.340 e. The van der Waals surface area contributed by atoms with Gasteiger partial charge in [-0.05, 0) is 107 Å². The van der Waals surface area contributed by atoms with Crippen molar-refractivity contribution in [3.05, 3.63) is 71.4 Å². The molecule has 3 aromatic rings. The first-order chi connectivity index (χ1) is 18.5. The number of nitrogens with zero attached hydrogens (tertiary/aromatic N) is 4. The highest BCUT2D eigenvalue weighted by Gasteiger charge is 2.27. The van der Waals surface area contributed by atoms with E-state index >= 15 is 0 Å². The lowest BCUT2D eigenvalue weighted by atomic mass is 9.94. The van der Waals surface area contributed by atoms with Crippen LogP contribution in [0.2, 0.25) is 0 Å². The van der Waals surface area contributed by atoms with Gasteiger partial charge in [0, 0.05) is 48.8 Å². The van der Waals surface area contributed by atoms with E-state index in [2.05, 4.69) is 75.7 Å². The number of aromatic nitrogens is 1. The van der Waals surface area contributed by atoms with Gasteiger partial charge in [0.1, 0.15) is 0 Å². The SMILES string of the molecule is C=C(c1cc2ccccc2n1CC1CCN(C)CC1)N1CCCc2cc(CN3CCCC(N)C3)cc(C)c21. The quantitative estimate of drug-likeness (QED) is 0.465. The van der Waals surface area contributed by atoms with Crippen molar-refractivity contribution in [2.75, 3.05) is 44.7 Å². The van der Waals surface area contributed by atoms with Crippen molar-refractivity contribution in [2.24, 2.45) is 11.7 Å². The highest BCUT2D eigenvalue weighted by Crippen LogP contribution is 2.38. The number of nitrogens with two attached hydrogens (primary N) is 1. The summed E-state index contributed by atoms with van der Waals surface area (Å²) < 4.78 is 2.57. The van der Waals surface area contributed by atoms with Gasteiger partial charge in [0.25, 0.3) is 0 Å². The van der Waals surface area contributed by atoms with Crippen LogP contribution in [0.5, 0.6) is 0 Å². The fourth-order valence-corrected chi connectivity index (χ4v) is 7.19. The van der Waals surface area contributed by atoms with Crippen molar-refractivity contribution in [3.63, 3.8) is 0 Å². The van der Waals surface area contributed by atoms with Gasteiger partial charge in [0.05, 0.1) is 11.4 Å². The molecule has 0 bridgehead atoms. The Kier molecular flexibility index (Phi) is 7.35. The van der Waals surface area contributed by atoms with Crippen molar-refractivity contribution < 1.29 is 0 Å². The first-order valence-corrected chi connectivity index (χ1v) is 14.8. The molecule has 38 heavy (non-hydrogen) atoms. The van der Waals surface area contributed by atoms with E-state index in [1.54, 1.807) is 0 Å². The van der Waals surface area contributed by atoms with E-state index in [0.29, 0.717) is 6.04 Å². The van der Waals surface area contributed by atoms with Crippen LogP contribution in [0.15, 0.2) is 49.0 Å². The third-order valence-corrected chi connectivity index (χ3v) is 9.20. The molecule has 4 heterocycles. The molecule has 5 nitrogen and oxygen atoms in total. The van der Waals surface area contributed by atoms with Gasteiger partial charge in [-0.3, -0.25) is 4.90 Å². The Morgan fingerprint density at radius 1 is 1.00 bits per heavy atom. The Labute approximate surface area is 228 Å². The number of para-hydroxylation sites is 1. The Morgan fingerprint density at radius 3 is 2.63 bits per heavy atom. The first kappa shape index (κ1) is 25.7. The Hall–Kier alpha value is -2.60. The summed E-state index contributed by atoms with van der Waals surface area (Å²) >= 11 is 0. The summed E-state index contributed by atoms with van der Waals surface area (Å²) in [5.74, 6) is 0.717. The van der Waals surface area contributed by atoms with E-state index in [0.717, 1.165) is 57.2 Å². The lowest BCUT2D eigenvalue weighted by Crippen LogP contribution is -2.42. The monoisotopic (exact) mass is 511 g/mol. The number of piperidine rings is 2. The van der Waals surface area contributed by atoms with Crippen LogP contribution < -0.4 is 10.6 Å². The molecule has 0 spiro atoms. The largest absolute Gasteiger partial charge is 0.340 e. The van der Waals surface area contributed by atoms with Gasteiger partial charge < -0.3 is 20.1 Å². The smallest absolute Gasteiger partial charge is 0.0652 e. The standard InChI is InChI=1S/C33H45N5/c1-24-18-27(21-36-14-7-10-30(34)23-36)19-29-9-6-15-37(33(24)29)25(2)32-20-28-8-4-5-11-31(28)38(32)22-26-12-16-35(3)17-13-26/h4-5,8,11,18-20,26,30H,2,6-7,9-10,12-17,21-23,34H2,1,3H3. The zero-order valence-electron chi connectivity index (χ0n) is 23.5. The average molecular weight is 512 g/mol. The van der Waals surface area contributed by atoms with Crippen LogP contribution in [0.25, 0.3) is 16.6 Å². The van der Waals surface area contributed by atoms with Crippen molar-refractivity contribution in [1.29, 1.82) is 0 Å². The van der Waals surface area contributed by atoms with E-state index < -0.39 is 0 Å². The summed E-state index contributed by atoms with van der Waals surface area (Å²) in [4.78, 5) is 7.52. The molecule has 0 amide bonds. The second-order valence-electron chi connectivity index (χ2n) is 12.2. The molecule has 3 aliphatic rings. The Morgan fingerprint density at radius 2 is 1.82 bits per heavy atom. The van der Waals surface area contributed by atoms with Crippen molar-refractivity contribution in [1.82, 2.24) is 14.4 Å². The van der Waals surface area contributed by atoms with Gasteiger partial charge in [0.2, 0.25) is 0 Å². The van der Waals surface area contributed by atoms with E-state index in [9.17, 15) is 0 Å². The summed E-state index contributed by atoms with van der Waals surface area (Å²) in [6.45, 7) is 14.7. The number of benzene rings is 2. The molecule has 1 atom stereocenters. The fourth-order valence-electron chi connectivity index (χ4n) is 7.19.